The van der Waals surface area contributed by atoms with Crippen molar-refractivity contribution < 1.29 is 9.53 Å². The van der Waals surface area contributed by atoms with Gasteiger partial charge in [-0.15, -0.1) is 0 Å². The topological polar surface area (TPSA) is 26.3 Å². The summed E-state index contributed by atoms with van der Waals surface area (Å²) in [7, 11) is 0. The molecule has 0 rings (SSSR count). The van der Waals surface area contributed by atoms with Crippen LogP contribution in [-0.2, 0) is 9.53 Å². The summed E-state index contributed by atoms with van der Waals surface area (Å²) in [6.07, 6.45) is 9.35. The minimum Gasteiger partial charge on any atom is -0.461 e. The summed E-state index contributed by atoms with van der Waals surface area (Å²) in [6, 6.07) is 0. The van der Waals surface area contributed by atoms with Crippen LogP contribution in [0.4, 0.5) is 0 Å². The maximum atomic E-state index is 11.7. The lowest BCUT2D eigenvalue weighted by Crippen LogP contribution is -2.18. The van der Waals surface area contributed by atoms with Crippen molar-refractivity contribution in [3.05, 3.63) is 12.7 Å². The van der Waals surface area contributed by atoms with Gasteiger partial charge in [-0.2, -0.15) is 0 Å². The van der Waals surface area contributed by atoms with Gasteiger partial charge >= 0.3 is 5.97 Å². The average Bonchev–Trinajstić information content (AvgIpc) is 2.30. The van der Waals surface area contributed by atoms with Crippen molar-refractivity contribution in [2.75, 3.05) is 6.61 Å². The molecule has 0 aliphatic carbocycles. The van der Waals surface area contributed by atoms with Crippen molar-refractivity contribution in [3.8, 4) is 0 Å². The van der Waals surface area contributed by atoms with E-state index in [1.165, 1.54) is 12.8 Å². The highest BCUT2D eigenvalue weighted by Gasteiger charge is 2.18. The predicted molar refractivity (Wildman–Crippen MR) is 68.3 cm³/mol. The number of unbranched alkanes of at least 4 members (excludes halogenated alkanes) is 3. The van der Waals surface area contributed by atoms with E-state index in [0.29, 0.717) is 6.61 Å². The van der Waals surface area contributed by atoms with Gasteiger partial charge in [-0.05, 0) is 12.8 Å². The molecule has 0 bridgehead atoms. The fraction of sp³-hybridized carbons (Fsp3) is 0.786. The molecule has 0 spiro atoms. The molecule has 0 fully saturated rings. The Morgan fingerprint density at radius 3 is 2.38 bits per heavy atom. The molecular weight excluding hydrogens is 200 g/mol. The Kier molecular flexibility index (Phi) is 10.2. The van der Waals surface area contributed by atoms with Crippen molar-refractivity contribution in [1.29, 1.82) is 0 Å². The molecule has 1 atom stereocenters. The first-order valence-corrected chi connectivity index (χ1v) is 6.53. The van der Waals surface area contributed by atoms with Gasteiger partial charge in [-0.1, -0.05) is 58.6 Å². The molecule has 94 valence electrons. The molecule has 0 aromatic rings. The molecule has 0 aliphatic heterocycles. The fourth-order valence-corrected chi connectivity index (χ4v) is 1.73. The van der Waals surface area contributed by atoms with Crippen LogP contribution in [0.1, 0.15) is 58.8 Å². The van der Waals surface area contributed by atoms with Crippen LogP contribution in [0.25, 0.3) is 0 Å². The van der Waals surface area contributed by atoms with Crippen LogP contribution in [0.2, 0.25) is 0 Å². The first-order valence-electron chi connectivity index (χ1n) is 6.53. The summed E-state index contributed by atoms with van der Waals surface area (Å²) >= 11 is 0. The SMILES string of the molecule is C=CCOC(=O)C(CCCC)CCCCC. The maximum Gasteiger partial charge on any atom is 0.309 e. The monoisotopic (exact) mass is 226 g/mol. The number of carbonyl (C=O) groups is 1. The Morgan fingerprint density at radius 2 is 1.81 bits per heavy atom. The molecule has 0 saturated carbocycles. The number of rotatable bonds is 10. The van der Waals surface area contributed by atoms with Gasteiger partial charge in [0.05, 0.1) is 5.92 Å². The second-order valence-electron chi connectivity index (χ2n) is 4.25. The predicted octanol–water partition coefficient (Wildman–Crippen LogP) is 4.10. The zero-order valence-corrected chi connectivity index (χ0v) is 10.8. The number of hydrogen-bond donors (Lipinski definition) is 0. The van der Waals surface area contributed by atoms with Crippen LogP contribution in [0, 0.1) is 5.92 Å². The molecule has 1 unspecified atom stereocenters. The maximum absolute atomic E-state index is 11.7. The second-order valence-corrected chi connectivity index (χ2v) is 4.25. The van der Waals surface area contributed by atoms with Crippen molar-refractivity contribution in [3.63, 3.8) is 0 Å². The van der Waals surface area contributed by atoms with E-state index in [1.807, 2.05) is 0 Å². The van der Waals surface area contributed by atoms with Crippen molar-refractivity contribution in [2.24, 2.45) is 5.92 Å². The Balaban J connectivity index is 3.95. The van der Waals surface area contributed by atoms with Crippen LogP contribution >= 0.6 is 0 Å². The summed E-state index contributed by atoms with van der Waals surface area (Å²) < 4.78 is 5.12. The Hall–Kier alpha value is -0.790. The van der Waals surface area contributed by atoms with E-state index in [1.54, 1.807) is 6.08 Å². The fourth-order valence-electron chi connectivity index (χ4n) is 1.73. The Labute approximate surface area is 100 Å². The number of carbonyl (C=O) groups excluding carboxylic acids is 1. The normalized spacial score (nSPS) is 12.1. The van der Waals surface area contributed by atoms with Gasteiger partial charge in [0, 0.05) is 0 Å². The number of hydrogen-bond acceptors (Lipinski definition) is 2. The third-order valence-corrected chi connectivity index (χ3v) is 2.74. The van der Waals surface area contributed by atoms with Crippen LogP contribution in [0.15, 0.2) is 12.7 Å². The molecule has 0 heterocycles. The molecule has 0 amide bonds. The first kappa shape index (κ1) is 15.2. The molecule has 0 saturated heterocycles. The van der Waals surface area contributed by atoms with E-state index in [0.717, 1.165) is 32.1 Å². The van der Waals surface area contributed by atoms with Crippen molar-refractivity contribution >= 4 is 5.97 Å². The molecule has 0 N–H and O–H groups in total. The zero-order chi connectivity index (χ0) is 12.2. The van der Waals surface area contributed by atoms with Crippen LogP contribution in [0.5, 0.6) is 0 Å². The standard InChI is InChI=1S/C14H26O2/c1-4-7-9-11-13(10-8-5-2)14(15)16-12-6-3/h6,13H,3-5,7-12H2,1-2H3. The van der Waals surface area contributed by atoms with Gasteiger partial charge in [0.2, 0.25) is 0 Å². The third kappa shape index (κ3) is 7.49. The average molecular weight is 226 g/mol. The van der Waals surface area contributed by atoms with E-state index in [4.69, 9.17) is 4.74 Å². The molecule has 0 aromatic carbocycles. The van der Waals surface area contributed by atoms with E-state index < -0.39 is 0 Å². The van der Waals surface area contributed by atoms with E-state index in [9.17, 15) is 4.79 Å². The minimum atomic E-state index is -0.0375. The quantitative estimate of drug-likeness (QED) is 0.318. The number of ether oxygens (including phenoxy) is 1. The van der Waals surface area contributed by atoms with Gasteiger partial charge in [-0.25, -0.2) is 0 Å². The summed E-state index contributed by atoms with van der Waals surface area (Å²) in [5, 5.41) is 0. The summed E-state index contributed by atoms with van der Waals surface area (Å²) in [5.41, 5.74) is 0. The highest BCUT2D eigenvalue weighted by molar-refractivity contribution is 5.72. The number of esters is 1. The Bertz CT molecular complexity index is 187. The van der Waals surface area contributed by atoms with Crippen LogP contribution in [0.3, 0.4) is 0 Å². The van der Waals surface area contributed by atoms with Crippen LogP contribution < -0.4 is 0 Å². The molecule has 2 heteroatoms. The molecule has 0 aromatic heterocycles. The first-order chi connectivity index (χ1) is 7.76. The van der Waals surface area contributed by atoms with Gasteiger partial charge in [0.15, 0.2) is 0 Å². The van der Waals surface area contributed by atoms with E-state index in [-0.39, 0.29) is 11.9 Å². The van der Waals surface area contributed by atoms with Crippen molar-refractivity contribution in [2.45, 2.75) is 58.8 Å². The molecule has 0 radical (unpaired) electrons. The third-order valence-electron chi connectivity index (χ3n) is 2.74. The highest BCUT2D eigenvalue weighted by Crippen LogP contribution is 2.18. The van der Waals surface area contributed by atoms with Gasteiger partial charge < -0.3 is 4.74 Å². The Morgan fingerprint density at radius 1 is 1.19 bits per heavy atom. The van der Waals surface area contributed by atoms with Crippen molar-refractivity contribution in [1.82, 2.24) is 0 Å². The van der Waals surface area contributed by atoms with Gasteiger partial charge in [-0.3, -0.25) is 4.79 Å². The lowest BCUT2D eigenvalue weighted by atomic mass is 9.96. The smallest absolute Gasteiger partial charge is 0.309 e. The summed E-state index contributed by atoms with van der Waals surface area (Å²) in [6.45, 7) is 8.22. The second kappa shape index (κ2) is 10.7. The molecular formula is C14H26O2. The molecule has 2 nitrogen and oxygen atoms in total. The van der Waals surface area contributed by atoms with E-state index in [2.05, 4.69) is 20.4 Å². The molecule has 16 heavy (non-hydrogen) atoms. The largest absolute Gasteiger partial charge is 0.461 e. The van der Waals surface area contributed by atoms with Crippen LogP contribution in [-0.4, -0.2) is 12.6 Å². The van der Waals surface area contributed by atoms with Gasteiger partial charge in [0.25, 0.3) is 0 Å². The summed E-state index contributed by atoms with van der Waals surface area (Å²) in [5.74, 6) is 0.0657. The highest BCUT2D eigenvalue weighted by atomic mass is 16.5. The summed E-state index contributed by atoms with van der Waals surface area (Å²) in [4.78, 5) is 11.7. The molecule has 0 aliphatic rings. The zero-order valence-electron chi connectivity index (χ0n) is 10.8. The lowest BCUT2D eigenvalue weighted by Gasteiger charge is -2.14. The minimum absolute atomic E-state index is 0.0375. The lowest BCUT2D eigenvalue weighted by molar-refractivity contribution is -0.147. The van der Waals surface area contributed by atoms with Gasteiger partial charge in [0.1, 0.15) is 6.61 Å². The van der Waals surface area contributed by atoms with E-state index >= 15 is 0 Å².